The molecule has 8 heteroatoms. The van der Waals surface area contributed by atoms with Gasteiger partial charge in [0.2, 0.25) is 0 Å². The second-order valence-corrected chi connectivity index (χ2v) is 5.18. The lowest BCUT2D eigenvalue weighted by Crippen LogP contribution is -2.10. The van der Waals surface area contributed by atoms with Crippen molar-refractivity contribution < 1.29 is 14.3 Å². The van der Waals surface area contributed by atoms with Crippen LogP contribution >= 0.6 is 0 Å². The zero-order valence-corrected chi connectivity index (χ0v) is 14.4. The van der Waals surface area contributed by atoms with Crippen LogP contribution in [0, 0.1) is 0 Å². The van der Waals surface area contributed by atoms with Crippen molar-refractivity contribution in [1.29, 1.82) is 0 Å². The number of esters is 1. The number of aromatic nitrogens is 2. The van der Waals surface area contributed by atoms with Crippen molar-refractivity contribution in [3.05, 3.63) is 36.2 Å². The van der Waals surface area contributed by atoms with Gasteiger partial charge in [0.1, 0.15) is 12.0 Å². The lowest BCUT2D eigenvalue weighted by Gasteiger charge is -2.13. The Bertz CT molecular complexity index is 708. The molecule has 4 N–H and O–H groups in total. The van der Waals surface area contributed by atoms with E-state index in [-0.39, 0.29) is 5.97 Å². The third-order valence-electron chi connectivity index (χ3n) is 3.34. The molecule has 0 atom stereocenters. The van der Waals surface area contributed by atoms with E-state index in [4.69, 9.17) is 15.2 Å². The van der Waals surface area contributed by atoms with Gasteiger partial charge in [-0.3, -0.25) is 0 Å². The predicted molar refractivity (Wildman–Crippen MR) is 97.1 cm³/mol. The first-order chi connectivity index (χ1) is 12.2. The molecular weight excluding hydrogens is 322 g/mol. The van der Waals surface area contributed by atoms with E-state index >= 15 is 0 Å². The standard InChI is InChI=1S/C17H23N5O3/c1-3-25-17(23)12-6-4-7-13(10-12)22-16-14(18)15(20-11-21-16)19-8-5-9-24-2/h4,6-7,10-11H,3,5,8-9,18H2,1-2H3,(H2,19,20,21,22). The highest BCUT2D eigenvalue weighted by Gasteiger charge is 2.10. The number of carbonyl (C=O) groups is 1. The fourth-order valence-corrected chi connectivity index (χ4v) is 2.13. The SMILES string of the molecule is CCOC(=O)c1cccc(Nc2ncnc(NCCCOC)c2N)c1. The van der Waals surface area contributed by atoms with Gasteiger partial charge in [-0.1, -0.05) is 6.07 Å². The number of methoxy groups -OCH3 is 1. The van der Waals surface area contributed by atoms with Crippen LogP contribution in [0.25, 0.3) is 0 Å². The van der Waals surface area contributed by atoms with Crippen LogP contribution in [0.4, 0.5) is 23.0 Å². The minimum absolute atomic E-state index is 0.327. The quantitative estimate of drug-likeness (QED) is 0.469. The molecule has 25 heavy (non-hydrogen) atoms. The third kappa shape index (κ3) is 5.32. The molecule has 0 aliphatic heterocycles. The molecule has 0 amide bonds. The summed E-state index contributed by atoms with van der Waals surface area (Å²) >= 11 is 0. The van der Waals surface area contributed by atoms with Gasteiger partial charge in [-0.15, -0.1) is 0 Å². The number of nitrogens with zero attached hydrogens (tertiary/aromatic N) is 2. The Balaban J connectivity index is 2.09. The molecule has 0 aliphatic carbocycles. The Hall–Kier alpha value is -2.87. The molecule has 1 aromatic heterocycles. The molecule has 0 radical (unpaired) electrons. The smallest absolute Gasteiger partial charge is 0.338 e. The fraction of sp³-hybridized carbons (Fsp3) is 0.353. The molecule has 0 bridgehead atoms. The summed E-state index contributed by atoms with van der Waals surface area (Å²) < 4.78 is 10.0. The summed E-state index contributed by atoms with van der Waals surface area (Å²) in [4.78, 5) is 20.1. The molecule has 134 valence electrons. The number of hydrogen-bond acceptors (Lipinski definition) is 8. The van der Waals surface area contributed by atoms with E-state index in [0.29, 0.717) is 48.3 Å². The lowest BCUT2D eigenvalue weighted by molar-refractivity contribution is 0.0526. The number of ether oxygens (including phenoxy) is 2. The number of nitrogens with one attached hydrogen (secondary N) is 2. The molecule has 0 spiro atoms. The van der Waals surface area contributed by atoms with Gasteiger partial charge in [0, 0.05) is 25.9 Å². The second kappa shape index (κ2) is 9.43. The van der Waals surface area contributed by atoms with Gasteiger partial charge in [0.05, 0.1) is 12.2 Å². The van der Waals surface area contributed by atoms with Crippen molar-refractivity contribution in [2.24, 2.45) is 0 Å². The maximum absolute atomic E-state index is 11.8. The van der Waals surface area contributed by atoms with Crippen molar-refractivity contribution in [1.82, 2.24) is 9.97 Å². The number of benzene rings is 1. The van der Waals surface area contributed by atoms with Crippen LogP contribution in [-0.2, 0) is 9.47 Å². The van der Waals surface area contributed by atoms with E-state index in [9.17, 15) is 4.79 Å². The molecule has 8 nitrogen and oxygen atoms in total. The highest BCUT2D eigenvalue weighted by atomic mass is 16.5. The van der Waals surface area contributed by atoms with E-state index in [2.05, 4.69) is 20.6 Å². The maximum atomic E-state index is 11.8. The third-order valence-corrected chi connectivity index (χ3v) is 3.34. The fourth-order valence-electron chi connectivity index (χ4n) is 2.13. The number of rotatable bonds is 9. The van der Waals surface area contributed by atoms with Gasteiger partial charge in [-0.05, 0) is 31.5 Å². The van der Waals surface area contributed by atoms with Crippen molar-refractivity contribution in [3.63, 3.8) is 0 Å². The van der Waals surface area contributed by atoms with Crippen LogP contribution in [0.5, 0.6) is 0 Å². The van der Waals surface area contributed by atoms with Crippen molar-refractivity contribution in [2.75, 3.05) is 43.2 Å². The van der Waals surface area contributed by atoms with Crippen LogP contribution in [0.1, 0.15) is 23.7 Å². The molecule has 1 aromatic carbocycles. The minimum atomic E-state index is -0.373. The van der Waals surface area contributed by atoms with Gasteiger partial charge < -0.3 is 25.8 Å². The van der Waals surface area contributed by atoms with E-state index < -0.39 is 0 Å². The monoisotopic (exact) mass is 345 g/mol. The lowest BCUT2D eigenvalue weighted by atomic mass is 10.2. The number of nitrogen functional groups attached to an aromatic ring is 1. The van der Waals surface area contributed by atoms with Crippen molar-refractivity contribution in [2.45, 2.75) is 13.3 Å². The number of anilines is 4. The van der Waals surface area contributed by atoms with E-state index in [1.807, 2.05) is 6.07 Å². The molecule has 0 fully saturated rings. The average Bonchev–Trinajstić information content (AvgIpc) is 2.62. The van der Waals surface area contributed by atoms with Crippen LogP contribution in [0.3, 0.4) is 0 Å². The zero-order valence-electron chi connectivity index (χ0n) is 14.4. The second-order valence-electron chi connectivity index (χ2n) is 5.18. The normalized spacial score (nSPS) is 10.3. The average molecular weight is 345 g/mol. The van der Waals surface area contributed by atoms with Gasteiger partial charge in [0.15, 0.2) is 11.6 Å². The number of carbonyl (C=O) groups excluding carboxylic acids is 1. The van der Waals surface area contributed by atoms with Gasteiger partial charge in [-0.25, -0.2) is 14.8 Å². The molecule has 1 heterocycles. The maximum Gasteiger partial charge on any atom is 0.338 e. The first-order valence-corrected chi connectivity index (χ1v) is 8.03. The van der Waals surface area contributed by atoms with Crippen molar-refractivity contribution in [3.8, 4) is 0 Å². The van der Waals surface area contributed by atoms with Crippen LogP contribution in [0.15, 0.2) is 30.6 Å². The Kier molecular flexibility index (Phi) is 6.97. The summed E-state index contributed by atoms with van der Waals surface area (Å²) in [6.07, 6.45) is 2.26. The highest BCUT2D eigenvalue weighted by Crippen LogP contribution is 2.26. The first-order valence-electron chi connectivity index (χ1n) is 8.03. The predicted octanol–water partition coefficient (Wildman–Crippen LogP) is 2.43. The molecule has 0 unspecified atom stereocenters. The van der Waals surface area contributed by atoms with Gasteiger partial charge >= 0.3 is 5.97 Å². The van der Waals surface area contributed by atoms with Crippen LogP contribution in [0.2, 0.25) is 0 Å². The van der Waals surface area contributed by atoms with E-state index in [1.54, 1.807) is 32.2 Å². The van der Waals surface area contributed by atoms with E-state index in [1.165, 1.54) is 6.33 Å². The minimum Gasteiger partial charge on any atom is -0.462 e. The summed E-state index contributed by atoms with van der Waals surface area (Å²) in [6, 6.07) is 6.95. The zero-order chi connectivity index (χ0) is 18.1. The summed E-state index contributed by atoms with van der Waals surface area (Å²) in [6.45, 7) is 3.44. The van der Waals surface area contributed by atoms with Crippen LogP contribution in [-0.4, -0.2) is 42.8 Å². The number of hydrogen-bond donors (Lipinski definition) is 3. The summed E-state index contributed by atoms with van der Waals surface area (Å²) in [7, 11) is 1.66. The molecule has 0 saturated heterocycles. The summed E-state index contributed by atoms with van der Waals surface area (Å²) in [5.41, 5.74) is 7.66. The van der Waals surface area contributed by atoms with E-state index in [0.717, 1.165) is 6.42 Å². The molecule has 2 rings (SSSR count). The molecular formula is C17H23N5O3. The summed E-state index contributed by atoms with van der Waals surface area (Å²) in [5.74, 6) is 0.641. The Morgan fingerprint density at radius 1 is 1.28 bits per heavy atom. The molecule has 2 aromatic rings. The van der Waals surface area contributed by atoms with Crippen LogP contribution < -0.4 is 16.4 Å². The topological polar surface area (TPSA) is 111 Å². The van der Waals surface area contributed by atoms with Gasteiger partial charge in [-0.2, -0.15) is 0 Å². The molecule has 0 saturated carbocycles. The summed E-state index contributed by atoms with van der Waals surface area (Å²) in [5, 5.41) is 6.25. The van der Waals surface area contributed by atoms with Gasteiger partial charge in [0.25, 0.3) is 0 Å². The Labute approximate surface area is 146 Å². The Morgan fingerprint density at radius 3 is 2.84 bits per heavy atom. The highest BCUT2D eigenvalue weighted by molar-refractivity contribution is 5.91. The molecule has 0 aliphatic rings. The first kappa shape index (κ1) is 18.5. The Morgan fingerprint density at radius 2 is 2.08 bits per heavy atom. The van der Waals surface area contributed by atoms with Crippen molar-refractivity contribution >= 4 is 29.0 Å². The number of nitrogens with two attached hydrogens (primary N) is 1. The largest absolute Gasteiger partial charge is 0.462 e.